The molecule has 0 bridgehead atoms. The molecule has 1 fully saturated rings. The number of carboxylic acid groups (broad SMARTS) is 1. The van der Waals surface area contributed by atoms with Crippen LogP contribution in [0.1, 0.15) is 39.5 Å². The van der Waals surface area contributed by atoms with Crippen molar-refractivity contribution in [2.24, 2.45) is 0 Å². The summed E-state index contributed by atoms with van der Waals surface area (Å²) < 4.78 is 5.14. The number of aliphatic carboxylic acids is 1. The summed E-state index contributed by atoms with van der Waals surface area (Å²) in [6.07, 6.45) is 2.34. The lowest BCUT2D eigenvalue weighted by atomic mass is 9.76. The minimum Gasteiger partial charge on any atom is -0.480 e. The van der Waals surface area contributed by atoms with E-state index in [9.17, 15) is 9.59 Å². The second-order valence-corrected chi connectivity index (χ2v) is 4.48. The molecule has 0 radical (unpaired) electrons. The molecule has 1 atom stereocenters. The lowest BCUT2D eigenvalue weighted by molar-refractivity contribution is -0.157. The third-order valence-corrected chi connectivity index (χ3v) is 3.57. The molecule has 1 aliphatic carbocycles. The van der Waals surface area contributed by atoms with E-state index in [1.165, 1.54) is 7.11 Å². The minimum atomic E-state index is -1.06. The third kappa shape index (κ3) is 2.04. The van der Waals surface area contributed by atoms with Gasteiger partial charge in [-0.25, -0.2) is 4.79 Å². The molecular weight excluding hydrogens is 210 g/mol. The molecule has 1 amide bonds. The molecule has 0 aliphatic heterocycles. The van der Waals surface area contributed by atoms with Crippen LogP contribution >= 0.6 is 0 Å². The summed E-state index contributed by atoms with van der Waals surface area (Å²) in [6, 6.07) is 0. The van der Waals surface area contributed by atoms with E-state index < -0.39 is 17.1 Å². The molecule has 92 valence electrons. The van der Waals surface area contributed by atoms with Crippen LogP contribution in [-0.4, -0.2) is 35.2 Å². The summed E-state index contributed by atoms with van der Waals surface area (Å²) >= 11 is 0. The van der Waals surface area contributed by atoms with E-state index in [0.29, 0.717) is 19.3 Å². The molecule has 0 aromatic rings. The van der Waals surface area contributed by atoms with Gasteiger partial charge in [-0.1, -0.05) is 6.92 Å². The van der Waals surface area contributed by atoms with Crippen molar-refractivity contribution in [3.63, 3.8) is 0 Å². The summed E-state index contributed by atoms with van der Waals surface area (Å²) in [6.45, 7) is 3.49. The zero-order valence-electron chi connectivity index (χ0n) is 10.0. The number of methoxy groups -OCH3 is 1. The zero-order chi connectivity index (χ0) is 12.4. The van der Waals surface area contributed by atoms with Gasteiger partial charge in [0.25, 0.3) is 5.91 Å². The van der Waals surface area contributed by atoms with E-state index in [0.717, 1.165) is 6.42 Å². The first-order chi connectivity index (χ1) is 7.40. The predicted octanol–water partition coefficient (Wildman–Crippen LogP) is 0.925. The number of carbonyl (C=O) groups is 2. The average Bonchev–Trinajstić information content (AvgIpc) is 2.21. The first-order valence-corrected chi connectivity index (χ1v) is 5.51. The maximum atomic E-state index is 11.9. The Kier molecular flexibility index (Phi) is 3.57. The number of ether oxygens (including phenoxy) is 1. The fourth-order valence-corrected chi connectivity index (χ4v) is 1.67. The van der Waals surface area contributed by atoms with E-state index in [-0.39, 0.29) is 5.91 Å². The van der Waals surface area contributed by atoms with Gasteiger partial charge in [0.15, 0.2) is 0 Å². The van der Waals surface area contributed by atoms with Gasteiger partial charge in [0.05, 0.1) is 0 Å². The Labute approximate surface area is 95.2 Å². The van der Waals surface area contributed by atoms with Crippen molar-refractivity contribution in [3.05, 3.63) is 0 Å². The van der Waals surface area contributed by atoms with Gasteiger partial charge in [0.1, 0.15) is 11.1 Å². The van der Waals surface area contributed by atoms with Crippen LogP contribution in [0.4, 0.5) is 0 Å². The van der Waals surface area contributed by atoms with Crippen molar-refractivity contribution >= 4 is 11.9 Å². The monoisotopic (exact) mass is 229 g/mol. The highest BCUT2D eigenvalue weighted by Gasteiger charge is 2.48. The molecule has 5 heteroatoms. The number of hydrogen-bond donors (Lipinski definition) is 2. The third-order valence-electron chi connectivity index (χ3n) is 3.57. The molecule has 5 nitrogen and oxygen atoms in total. The Morgan fingerprint density at radius 3 is 2.31 bits per heavy atom. The SMILES string of the molecule is CCC(C)(OC)C(=O)NC1(C(=O)O)CCC1. The average molecular weight is 229 g/mol. The molecule has 0 aromatic carbocycles. The topological polar surface area (TPSA) is 75.6 Å². The van der Waals surface area contributed by atoms with Crippen molar-refractivity contribution in [1.82, 2.24) is 5.32 Å². The second kappa shape index (κ2) is 4.41. The second-order valence-electron chi connectivity index (χ2n) is 4.48. The number of carboxylic acids is 1. The Morgan fingerprint density at radius 2 is 2.06 bits per heavy atom. The molecule has 2 N–H and O–H groups in total. The van der Waals surface area contributed by atoms with Gasteiger partial charge in [-0.3, -0.25) is 4.79 Å². The fourth-order valence-electron chi connectivity index (χ4n) is 1.67. The first kappa shape index (κ1) is 13.0. The number of rotatable bonds is 5. The van der Waals surface area contributed by atoms with Crippen LogP contribution in [0.3, 0.4) is 0 Å². The zero-order valence-corrected chi connectivity index (χ0v) is 10.0. The van der Waals surface area contributed by atoms with Crippen LogP contribution in [-0.2, 0) is 14.3 Å². The molecule has 0 spiro atoms. The molecular formula is C11H19NO4. The van der Waals surface area contributed by atoms with E-state index in [4.69, 9.17) is 9.84 Å². The van der Waals surface area contributed by atoms with Crippen molar-refractivity contribution in [1.29, 1.82) is 0 Å². The maximum absolute atomic E-state index is 11.9. The largest absolute Gasteiger partial charge is 0.480 e. The van der Waals surface area contributed by atoms with Crippen molar-refractivity contribution < 1.29 is 19.4 Å². The van der Waals surface area contributed by atoms with Gasteiger partial charge in [0, 0.05) is 7.11 Å². The lowest BCUT2D eigenvalue weighted by Gasteiger charge is -2.40. The van der Waals surface area contributed by atoms with E-state index in [1.54, 1.807) is 6.92 Å². The highest BCUT2D eigenvalue weighted by molar-refractivity contribution is 5.91. The Hall–Kier alpha value is -1.10. The lowest BCUT2D eigenvalue weighted by Crippen LogP contribution is -2.63. The highest BCUT2D eigenvalue weighted by atomic mass is 16.5. The van der Waals surface area contributed by atoms with Crippen molar-refractivity contribution in [2.75, 3.05) is 7.11 Å². The number of hydrogen-bond acceptors (Lipinski definition) is 3. The standard InChI is InChI=1S/C11H19NO4/c1-4-10(2,16-3)8(13)12-11(9(14)15)6-5-7-11/h4-7H2,1-3H3,(H,12,13)(H,14,15). The molecule has 1 rings (SSSR count). The van der Waals surface area contributed by atoms with Crippen LogP contribution in [0.25, 0.3) is 0 Å². The number of amides is 1. The van der Waals surface area contributed by atoms with Crippen LogP contribution in [0.2, 0.25) is 0 Å². The molecule has 1 saturated carbocycles. The molecule has 0 saturated heterocycles. The Morgan fingerprint density at radius 1 is 1.50 bits per heavy atom. The van der Waals surface area contributed by atoms with E-state index in [1.807, 2.05) is 6.92 Å². The molecule has 0 aromatic heterocycles. The fraction of sp³-hybridized carbons (Fsp3) is 0.818. The van der Waals surface area contributed by atoms with Gasteiger partial charge in [0.2, 0.25) is 0 Å². The summed E-state index contributed by atoms with van der Waals surface area (Å²) in [7, 11) is 1.46. The quantitative estimate of drug-likeness (QED) is 0.735. The maximum Gasteiger partial charge on any atom is 0.329 e. The predicted molar refractivity (Wildman–Crippen MR) is 58.1 cm³/mol. The van der Waals surface area contributed by atoms with Crippen LogP contribution in [0, 0.1) is 0 Å². The summed E-state index contributed by atoms with van der Waals surface area (Å²) in [5.74, 6) is -1.30. The summed E-state index contributed by atoms with van der Waals surface area (Å²) in [5, 5.41) is 11.7. The molecule has 16 heavy (non-hydrogen) atoms. The normalized spacial score (nSPS) is 21.7. The van der Waals surface area contributed by atoms with E-state index in [2.05, 4.69) is 5.32 Å². The number of carbonyl (C=O) groups excluding carboxylic acids is 1. The van der Waals surface area contributed by atoms with Gasteiger partial charge in [-0.15, -0.1) is 0 Å². The molecule has 1 aliphatic rings. The first-order valence-electron chi connectivity index (χ1n) is 5.51. The van der Waals surface area contributed by atoms with Crippen molar-refractivity contribution in [2.45, 2.75) is 50.7 Å². The Bertz CT molecular complexity index is 292. The summed E-state index contributed by atoms with van der Waals surface area (Å²) in [5.41, 5.74) is -2.01. The molecule has 1 unspecified atom stereocenters. The van der Waals surface area contributed by atoms with Crippen molar-refractivity contribution in [3.8, 4) is 0 Å². The summed E-state index contributed by atoms with van der Waals surface area (Å²) in [4.78, 5) is 23.0. The Balaban J connectivity index is 2.73. The van der Waals surface area contributed by atoms with Gasteiger partial charge >= 0.3 is 5.97 Å². The van der Waals surface area contributed by atoms with Gasteiger partial charge in [-0.05, 0) is 32.6 Å². The highest BCUT2D eigenvalue weighted by Crippen LogP contribution is 2.33. The van der Waals surface area contributed by atoms with Gasteiger partial charge in [-0.2, -0.15) is 0 Å². The molecule has 0 heterocycles. The van der Waals surface area contributed by atoms with Gasteiger partial charge < -0.3 is 15.2 Å². The number of nitrogens with one attached hydrogen (secondary N) is 1. The van der Waals surface area contributed by atoms with Crippen LogP contribution in [0.15, 0.2) is 0 Å². The smallest absolute Gasteiger partial charge is 0.329 e. The van der Waals surface area contributed by atoms with Crippen LogP contribution in [0.5, 0.6) is 0 Å². The minimum absolute atomic E-state index is 0.348. The van der Waals surface area contributed by atoms with Crippen LogP contribution < -0.4 is 5.32 Å². The van der Waals surface area contributed by atoms with E-state index >= 15 is 0 Å².